The molecule has 1 aromatic rings. The molecule has 0 fully saturated rings. The lowest BCUT2D eigenvalue weighted by Crippen LogP contribution is -2.18. The van der Waals surface area contributed by atoms with Crippen LogP contribution in [0.2, 0.25) is 10.0 Å². The third-order valence-electron chi connectivity index (χ3n) is 1.41. The number of hydrogen-bond donors (Lipinski definition) is 1. The Labute approximate surface area is 101 Å². The summed E-state index contributed by atoms with van der Waals surface area (Å²) in [5.41, 5.74) is 0.385. The van der Waals surface area contributed by atoms with Crippen molar-refractivity contribution in [2.75, 3.05) is 5.32 Å². The average Bonchev–Trinajstić information content (AvgIpc) is 2.12. The van der Waals surface area contributed by atoms with Gasteiger partial charge in [0.25, 0.3) is 5.91 Å². The van der Waals surface area contributed by atoms with E-state index in [2.05, 4.69) is 5.32 Å². The Morgan fingerprint density at radius 3 is 2.50 bits per heavy atom. The smallest absolute Gasteiger partial charge is 0.257 e. The standard InChI is InChI=1S/C8H5Cl4NO/c9-4-2-1-3-5(6(4)10)13-8(14)7(11)12/h1-3,7H,(H,13,14). The molecule has 0 saturated heterocycles. The van der Waals surface area contributed by atoms with Crippen LogP contribution in [0, 0.1) is 0 Å². The first-order valence-electron chi connectivity index (χ1n) is 3.55. The lowest BCUT2D eigenvalue weighted by Gasteiger charge is -2.07. The summed E-state index contributed by atoms with van der Waals surface area (Å²) in [5.74, 6) is -0.544. The summed E-state index contributed by atoms with van der Waals surface area (Å²) in [7, 11) is 0. The number of alkyl halides is 2. The molecule has 0 aliphatic heterocycles. The van der Waals surface area contributed by atoms with Gasteiger partial charge in [0, 0.05) is 0 Å². The van der Waals surface area contributed by atoms with E-state index < -0.39 is 10.7 Å². The second-order valence-electron chi connectivity index (χ2n) is 2.39. The van der Waals surface area contributed by atoms with Crippen molar-refractivity contribution in [3.8, 4) is 0 Å². The van der Waals surface area contributed by atoms with Crippen molar-refractivity contribution in [3.63, 3.8) is 0 Å². The van der Waals surface area contributed by atoms with Gasteiger partial charge in [-0.1, -0.05) is 52.5 Å². The molecular weight excluding hydrogens is 268 g/mol. The second-order valence-corrected chi connectivity index (χ2v) is 4.27. The summed E-state index contributed by atoms with van der Waals surface area (Å²) in [6.45, 7) is 0. The topological polar surface area (TPSA) is 29.1 Å². The van der Waals surface area contributed by atoms with E-state index in [-0.39, 0.29) is 5.02 Å². The molecular formula is C8H5Cl4NO. The first-order valence-corrected chi connectivity index (χ1v) is 5.18. The zero-order valence-electron chi connectivity index (χ0n) is 6.73. The van der Waals surface area contributed by atoms with Crippen molar-refractivity contribution < 1.29 is 4.79 Å². The van der Waals surface area contributed by atoms with Crippen molar-refractivity contribution in [2.24, 2.45) is 0 Å². The van der Waals surface area contributed by atoms with Gasteiger partial charge in [-0.3, -0.25) is 4.79 Å². The normalized spacial score (nSPS) is 10.4. The predicted molar refractivity (Wildman–Crippen MR) is 60.6 cm³/mol. The number of carbonyl (C=O) groups excluding carboxylic acids is 1. The number of halogens is 4. The van der Waals surface area contributed by atoms with E-state index >= 15 is 0 Å². The van der Waals surface area contributed by atoms with Crippen molar-refractivity contribution in [2.45, 2.75) is 4.84 Å². The zero-order valence-corrected chi connectivity index (χ0v) is 9.75. The van der Waals surface area contributed by atoms with Gasteiger partial charge in [-0.05, 0) is 12.1 Å². The molecule has 1 amide bonds. The van der Waals surface area contributed by atoms with Crippen LogP contribution in [0.15, 0.2) is 18.2 Å². The van der Waals surface area contributed by atoms with Gasteiger partial charge < -0.3 is 5.32 Å². The summed E-state index contributed by atoms with van der Waals surface area (Å²) in [4.78, 5) is 9.96. The van der Waals surface area contributed by atoms with Crippen LogP contribution < -0.4 is 5.32 Å². The number of carbonyl (C=O) groups is 1. The van der Waals surface area contributed by atoms with Crippen LogP contribution in [0.3, 0.4) is 0 Å². The highest BCUT2D eigenvalue weighted by Gasteiger charge is 2.13. The van der Waals surface area contributed by atoms with Crippen molar-refractivity contribution in [1.29, 1.82) is 0 Å². The Hall–Kier alpha value is -0.150. The lowest BCUT2D eigenvalue weighted by molar-refractivity contribution is -0.114. The van der Waals surface area contributed by atoms with Crippen LogP contribution in [0.4, 0.5) is 5.69 Å². The van der Waals surface area contributed by atoms with Gasteiger partial charge in [0.1, 0.15) is 0 Å². The highest BCUT2D eigenvalue weighted by Crippen LogP contribution is 2.29. The summed E-state index contributed by atoms with van der Waals surface area (Å²) in [6.07, 6.45) is 0. The molecule has 76 valence electrons. The van der Waals surface area contributed by atoms with Crippen LogP contribution >= 0.6 is 46.4 Å². The fourth-order valence-corrected chi connectivity index (χ4v) is 1.24. The van der Waals surface area contributed by atoms with Crippen molar-refractivity contribution in [1.82, 2.24) is 0 Å². The molecule has 0 bridgehead atoms. The Kier molecular flexibility index (Phi) is 4.32. The Morgan fingerprint density at radius 2 is 1.93 bits per heavy atom. The van der Waals surface area contributed by atoms with Gasteiger partial charge in [0.15, 0.2) is 4.84 Å². The summed E-state index contributed by atoms with van der Waals surface area (Å²) in [5, 5.41) is 3.04. The summed E-state index contributed by atoms with van der Waals surface area (Å²) in [6, 6.07) is 4.86. The lowest BCUT2D eigenvalue weighted by atomic mass is 10.3. The van der Waals surface area contributed by atoms with E-state index in [1.165, 1.54) is 0 Å². The van der Waals surface area contributed by atoms with Crippen molar-refractivity contribution in [3.05, 3.63) is 28.2 Å². The van der Waals surface area contributed by atoms with E-state index in [0.717, 1.165) is 0 Å². The number of nitrogens with one attached hydrogen (secondary N) is 1. The molecule has 0 aliphatic carbocycles. The molecule has 14 heavy (non-hydrogen) atoms. The fourth-order valence-electron chi connectivity index (χ4n) is 0.788. The largest absolute Gasteiger partial charge is 0.322 e. The van der Waals surface area contributed by atoms with Gasteiger partial charge in [0.2, 0.25) is 0 Å². The molecule has 0 saturated carbocycles. The zero-order chi connectivity index (χ0) is 10.7. The molecule has 0 atom stereocenters. The predicted octanol–water partition coefficient (Wildman–Crippen LogP) is 3.74. The number of amides is 1. The molecule has 1 N–H and O–H groups in total. The van der Waals surface area contributed by atoms with Crippen LogP contribution in [-0.4, -0.2) is 10.7 Å². The molecule has 0 heterocycles. The molecule has 1 aromatic carbocycles. The Bertz CT molecular complexity index is 353. The van der Waals surface area contributed by atoms with E-state index in [9.17, 15) is 4.79 Å². The Balaban J connectivity index is 2.87. The number of anilines is 1. The number of benzene rings is 1. The molecule has 1 rings (SSSR count). The third kappa shape index (κ3) is 2.92. The van der Waals surface area contributed by atoms with Gasteiger partial charge in [0.05, 0.1) is 15.7 Å². The van der Waals surface area contributed by atoms with Crippen molar-refractivity contribution >= 4 is 58.0 Å². The van der Waals surface area contributed by atoms with E-state index in [4.69, 9.17) is 46.4 Å². The maximum absolute atomic E-state index is 11.1. The maximum Gasteiger partial charge on any atom is 0.257 e. The molecule has 0 radical (unpaired) electrons. The first-order chi connectivity index (χ1) is 6.52. The first kappa shape index (κ1) is 11.9. The summed E-state index contributed by atoms with van der Waals surface area (Å²) < 4.78 is 0. The average molecular weight is 273 g/mol. The van der Waals surface area contributed by atoms with Crippen LogP contribution in [0.5, 0.6) is 0 Å². The third-order valence-corrected chi connectivity index (χ3v) is 2.62. The van der Waals surface area contributed by atoms with Crippen LogP contribution in [-0.2, 0) is 4.79 Å². The van der Waals surface area contributed by atoms with E-state index in [1.807, 2.05) is 0 Å². The SMILES string of the molecule is O=C(Nc1cccc(Cl)c1Cl)C(Cl)Cl. The minimum atomic E-state index is -1.13. The van der Waals surface area contributed by atoms with Gasteiger partial charge >= 0.3 is 0 Å². The molecule has 6 heteroatoms. The molecule has 0 unspecified atom stereocenters. The monoisotopic (exact) mass is 271 g/mol. The highest BCUT2D eigenvalue weighted by molar-refractivity contribution is 6.54. The van der Waals surface area contributed by atoms with Gasteiger partial charge in [-0.25, -0.2) is 0 Å². The molecule has 0 spiro atoms. The van der Waals surface area contributed by atoms with E-state index in [0.29, 0.717) is 10.7 Å². The molecule has 0 aliphatic rings. The minimum absolute atomic E-state index is 0.261. The molecule has 2 nitrogen and oxygen atoms in total. The van der Waals surface area contributed by atoms with Gasteiger partial charge in [-0.15, -0.1) is 0 Å². The van der Waals surface area contributed by atoms with Crippen LogP contribution in [0.25, 0.3) is 0 Å². The highest BCUT2D eigenvalue weighted by atomic mass is 35.5. The van der Waals surface area contributed by atoms with Crippen LogP contribution in [0.1, 0.15) is 0 Å². The minimum Gasteiger partial charge on any atom is -0.322 e. The number of rotatable bonds is 2. The molecule has 0 aromatic heterocycles. The van der Waals surface area contributed by atoms with E-state index in [1.54, 1.807) is 18.2 Å². The fraction of sp³-hybridized carbons (Fsp3) is 0.125. The Morgan fingerprint density at radius 1 is 1.29 bits per heavy atom. The second kappa shape index (κ2) is 5.08. The summed E-state index contributed by atoms with van der Waals surface area (Å²) >= 11 is 22.2. The van der Waals surface area contributed by atoms with Gasteiger partial charge in [-0.2, -0.15) is 0 Å². The number of hydrogen-bond acceptors (Lipinski definition) is 1. The maximum atomic E-state index is 11.1. The quantitative estimate of drug-likeness (QED) is 0.817.